The highest BCUT2D eigenvalue weighted by Gasteiger charge is 2.16. The van der Waals surface area contributed by atoms with Crippen LogP contribution in [0, 0.1) is 0 Å². The minimum absolute atomic E-state index is 0.0283. The highest BCUT2D eigenvalue weighted by molar-refractivity contribution is 7.91. The number of thiazole rings is 1. The van der Waals surface area contributed by atoms with Gasteiger partial charge < -0.3 is 9.84 Å². The summed E-state index contributed by atoms with van der Waals surface area (Å²) in [6.07, 6.45) is 0. The van der Waals surface area contributed by atoms with E-state index in [2.05, 4.69) is 15.5 Å². The number of hydrogen-bond donors (Lipinski definition) is 1. The summed E-state index contributed by atoms with van der Waals surface area (Å²) in [5.74, 6) is -0.00899. The van der Waals surface area contributed by atoms with Gasteiger partial charge in [-0.2, -0.15) is 0 Å². The van der Waals surface area contributed by atoms with E-state index in [1.165, 1.54) is 18.2 Å². The Hall–Kier alpha value is -3.82. The standard InChI is InChI=1S/C25H19N3O4S2/c1-2-34(30,31)19-13-9-16(10-14-19)22-15-21(28-32-22)24(29)26-18-11-7-17(8-12-18)25-27-20-5-3-4-6-23(20)33-25/h3-15H,2H2,1H3,(H,26,29). The van der Waals surface area contributed by atoms with Gasteiger partial charge in [0.1, 0.15) is 5.01 Å². The first-order valence-electron chi connectivity index (χ1n) is 10.5. The maximum absolute atomic E-state index is 12.6. The maximum atomic E-state index is 12.6. The van der Waals surface area contributed by atoms with E-state index in [-0.39, 0.29) is 16.3 Å². The third-order valence-electron chi connectivity index (χ3n) is 5.30. The molecule has 170 valence electrons. The van der Waals surface area contributed by atoms with E-state index >= 15 is 0 Å². The summed E-state index contributed by atoms with van der Waals surface area (Å²) >= 11 is 1.62. The highest BCUT2D eigenvalue weighted by atomic mass is 32.2. The van der Waals surface area contributed by atoms with Crippen molar-refractivity contribution < 1.29 is 17.7 Å². The Morgan fingerprint density at radius 1 is 0.971 bits per heavy atom. The second kappa shape index (κ2) is 8.85. The van der Waals surface area contributed by atoms with Gasteiger partial charge in [-0.15, -0.1) is 11.3 Å². The number of para-hydroxylation sites is 1. The molecule has 5 rings (SSSR count). The van der Waals surface area contributed by atoms with Crippen molar-refractivity contribution in [2.45, 2.75) is 11.8 Å². The minimum Gasteiger partial charge on any atom is -0.355 e. The average Bonchev–Trinajstić information content (AvgIpc) is 3.52. The third kappa shape index (κ3) is 4.35. The van der Waals surface area contributed by atoms with Crippen LogP contribution in [-0.4, -0.2) is 30.2 Å². The van der Waals surface area contributed by atoms with Crippen molar-refractivity contribution in [3.8, 4) is 21.9 Å². The molecule has 3 aromatic carbocycles. The molecule has 0 aliphatic heterocycles. The number of rotatable bonds is 6. The van der Waals surface area contributed by atoms with Gasteiger partial charge in [0.15, 0.2) is 21.3 Å². The average molecular weight is 490 g/mol. The monoisotopic (exact) mass is 489 g/mol. The number of sulfone groups is 1. The number of carbonyl (C=O) groups is 1. The highest BCUT2D eigenvalue weighted by Crippen LogP contribution is 2.30. The predicted molar refractivity (Wildman–Crippen MR) is 133 cm³/mol. The van der Waals surface area contributed by atoms with Crippen molar-refractivity contribution >= 4 is 43.0 Å². The smallest absolute Gasteiger partial charge is 0.277 e. The number of carbonyl (C=O) groups excluding carboxylic acids is 1. The van der Waals surface area contributed by atoms with Crippen molar-refractivity contribution in [3.05, 3.63) is 84.6 Å². The van der Waals surface area contributed by atoms with E-state index in [9.17, 15) is 13.2 Å². The molecule has 0 aliphatic rings. The fourth-order valence-corrected chi connectivity index (χ4v) is 5.25. The number of nitrogens with zero attached hydrogens (tertiary/aromatic N) is 2. The Morgan fingerprint density at radius 3 is 2.38 bits per heavy atom. The lowest BCUT2D eigenvalue weighted by Crippen LogP contribution is -2.11. The molecule has 1 N–H and O–H groups in total. The van der Waals surface area contributed by atoms with Crippen LogP contribution in [0.3, 0.4) is 0 Å². The van der Waals surface area contributed by atoms with Crippen LogP contribution in [0.2, 0.25) is 0 Å². The van der Waals surface area contributed by atoms with Crippen LogP contribution in [0.4, 0.5) is 5.69 Å². The first-order valence-corrected chi connectivity index (χ1v) is 13.0. The molecule has 0 unspecified atom stereocenters. The SMILES string of the molecule is CCS(=O)(=O)c1ccc(-c2cc(C(=O)Nc3ccc(-c4nc5ccccc5s4)cc3)no2)cc1. The molecule has 2 heterocycles. The molecule has 0 bridgehead atoms. The molecule has 5 aromatic rings. The molecule has 0 atom stereocenters. The molecule has 0 spiro atoms. The van der Waals surface area contributed by atoms with Crippen LogP contribution < -0.4 is 5.32 Å². The number of amides is 1. The van der Waals surface area contributed by atoms with Crippen LogP contribution in [0.1, 0.15) is 17.4 Å². The topological polar surface area (TPSA) is 102 Å². The zero-order chi connectivity index (χ0) is 23.7. The molecule has 7 nitrogen and oxygen atoms in total. The lowest BCUT2D eigenvalue weighted by atomic mass is 10.1. The van der Waals surface area contributed by atoms with Crippen LogP contribution in [-0.2, 0) is 9.84 Å². The molecule has 34 heavy (non-hydrogen) atoms. The van der Waals surface area contributed by atoms with E-state index in [0.717, 1.165) is 20.8 Å². The Bertz CT molecular complexity index is 1550. The fraction of sp³-hybridized carbons (Fsp3) is 0.0800. The zero-order valence-corrected chi connectivity index (χ0v) is 19.7. The number of nitrogens with one attached hydrogen (secondary N) is 1. The molecule has 9 heteroatoms. The Morgan fingerprint density at radius 2 is 1.68 bits per heavy atom. The van der Waals surface area contributed by atoms with Crippen LogP contribution >= 0.6 is 11.3 Å². The van der Waals surface area contributed by atoms with E-state index < -0.39 is 15.7 Å². The summed E-state index contributed by atoms with van der Waals surface area (Å²) in [6, 6.07) is 23.2. The second-order valence-corrected chi connectivity index (χ2v) is 10.8. The number of benzene rings is 3. The molecular weight excluding hydrogens is 470 g/mol. The Kier molecular flexibility index (Phi) is 5.72. The van der Waals surface area contributed by atoms with Gasteiger partial charge in [0.2, 0.25) is 0 Å². The van der Waals surface area contributed by atoms with Gasteiger partial charge in [0.25, 0.3) is 5.91 Å². The van der Waals surface area contributed by atoms with Crippen LogP contribution in [0.15, 0.2) is 88.3 Å². The predicted octanol–water partition coefficient (Wildman–Crippen LogP) is 5.66. The van der Waals surface area contributed by atoms with E-state index in [0.29, 0.717) is 17.0 Å². The van der Waals surface area contributed by atoms with Crippen molar-refractivity contribution in [2.75, 3.05) is 11.1 Å². The molecule has 0 aliphatic carbocycles. The summed E-state index contributed by atoms with van der Waals surface area (Å²) in [5, 5.41) is 7.57. The third-order valence-corrected chi connectivity index (χ3v) is 8.14. The van der Waals surface area contributed by atoms with E-state index in [1.54, 1.807) is 30.4 Å². The molecule has 1 amide bonds. The summed E-state index contributed by atoms with van der Waals surface area (Å²) in [7, 11) is -3.28. The van der Waals surface area contributed by atoms with Gasteiger partial charge >= 0.3 is 0 Å². The van der Waals surface area contributed by atoms with Crippen molar-refractivity contribution in [2.24, 2.45) is 0 Å². The summed E-state index contributed by atoms with van der Waals surface area (Å²) < 4.78 is 30.4. The van der Waals surface area contributed by atoms with Crippen molar-refractivity contribution in [1.82, 2.24) is 10.1 Å². The van der Waals surface area contributed by atoms with E-state index in [1.807, 2.05) is 48.5 Å². The number of anilines is 1. The lowest BCUT2D eigenvalue weighted by molar-refractivity contribution is 0.101. The zero-order valence-electron chi connectivity index (χ0n) is 18.1. The summed E-state index contributed by atoms with van der Waals surface area (Å²) in [5.41, 5.74) is 3.30. The summed E-state index contributed by atoms with van der Waals surface area (Å²) in [6.45, 7) is 1.60. The number of fused-ring (bicyclic) bond motifs is 1. The first-order chi connectivity index (χ1) is 16.4. The van der Waals surface area contributed by atoms with Gasteiger partial charge in [-0.05, 0) is 60.7 Å². The van der Waals surface area contributed by atoms with E-state index in [4.69, 9.17) is 4.52 Å². The molecule has 0 radical (unpaired) electrons. The Balaban J connectivity index is 1.28. The minimum atomic E-state index is -3.28. The molecule has 0 saturated heterocycles. The summed E-state index contributed by atoms with van der Waals surface area (Å²) in [4.78, 5) is 17.5. The number of aromatic nitrogens is 2. The van der Waals surface area contributed by atoms with Gasteiger partial charge in [-0.25, -0.2) is 13.4 Å². The molecule has 2 aromatic heterocycles. The van der Waals surface area contributed by atoms with Gasteiger partial charge in [0, 0.05) is 22.9 Å². The number of hydrogen-bond acceptors (Lipinski definition) is 7. The molecular formula is C25H19N3O4S2. The Labute approximate surface area is 200 Å². The quantitative estimate of drug-likeness (QED) is 0.330. The molecule has 0 fully saturated rings. The van der Waals surface area contributed by atoms with Crippen molar-refractivity contribution in [3.63, 3.8) is 0 Å². The second-order valence-electron chi connectivity index (χ2n) is 7.52. The normalized spacial score (nSPS) is 11.6. The van der Waals surface area contributed by atoms with Crippen LogP contribution in [0.25, 0.3) is 32.1 Å². The van der Waals surface area contributed by atoms with Gasteiger partial charge in [0.05, 0.1) is 20.9 Å². The van der Waals surface area contributed by atoms with Crippen molar-refractivity contribution in [1.29, 1.82) is 0 Å². The van der Waals surface area contributed by atoms with Gasteiger partial charge in [-0.3, -0.25) is 4.79 Å². The fourth-order valence-electron chi connectivity index (χ4n) is 3.40. The lowest BCUT2D eigenvalue weighted by Gasteiger charge is -2.03. The molecule has 0 saturated carbocycles. The van der Waals surface area contributed by atoms with Gasteiger partial charge in [-0.1, -0.05) is 24.2 Å². The first kappa shape index (κ1) is 22.0. The largest absolute Gasteiger partial charge is 0.355 e. The maximum Gasteiger partial charge on any atom is 0.277 e. The van der Waals surface area contributed by atoms with Crippen LogP contribution in [0.5, 0.6) is 0 Å².